The highest BCUT2D eigenvalue weighted by atomic mass is 16.1. The minimum absolute atomic E-state index is 0.168. The molecule has 0 heterocycles. The lowest BCUT2D eigenvalue weighted by Crippen LogP contribution is -2.03. The third-order valence-electron chi connectivity index (χ3n) is 3.52. The van der Waals surface area contributed by atoms with E-state index in [-0.39, 0.29) is 5.78 Å². The summed E-state index contributed by atoms with van der Waals surface area (Å²) in [5.74, 6) is 0.168. The first-order valence-corrected chi connectivity index (χ1v) is 6.80. The first-order chi connectivity index (χ1) is 9.72. The van der Waals surface area contributed by atoms with Crippen LogP contribution in [0.1, 0.15) is 21.5 Å². The molecule has 0 N–H and O–H groups in total. The van der Waals surface area contributed by atoms with Crippen LogP contribution in [-0.2, 0) is 6.42 Å². The quantitative estimate of drug-likeness (QED) is 0.630. The zero-order chi connectivity index (χ0) is 13.9. The highest BCUT2D eigenvalue weighted by molar-refractivity contribution is 6.01. The standard InChI is InChI=1S/C19H16O/c1-14-5-4-6-15(11-14)12-19(20)18-10-9-16-7-2-3-8-17(16)13-18/h2-11,13H,12H2,1H3. The van der Waals surface area contributed by atoms with Crippen LogP contribution in [0.25, 0.3) is 10.8 Å². The first-order valence-electron chi connectivity index (χ1n) is 6.80. The molecule has 1 nitrogen and oxygen atoms in total. The maximum absolute atomic E-state index is 12.4. The van der Waals surface area contributed by atoms with Gasteiger partial charge in [0.25, 0.3) is 0 Å². The molecule has 0 spiro atoms. The van der Waals surface area contributed by atoms with Crippen molar-refractivity contribution in [2.24, 2.45) is 0 Å². The minimum Gasteiger partial charge on any atom is -0.294 e. The van der Waals surface area contributed by atoms with Crippen molar-refractivity contribution in [2.45, 2.75) is 13.3 Å². The lowest BCUT2D eigenvalue weighted by molar-refractivity contribution is 0.0993. The summed E-state index contributed by atoms with van der Waals surface area (Å²) in [6.45, 7) is 2.05. The molecule has 0 bridgehead atoms. The summed E-state index contributed by atoms with van der Waals surface area (Å²) in [5, 5.41) is 2.28. The number of rotatable bonds is 3. The summed E-state index contributed by atoms with van der Waals surface area (Å²) in [6, 6.07) is 22.1. The molecule has 1 heteroatoms. The number of benzene rings is 3. The van der Waals surface area contributed by atoms with Crippen LogP contribution in [-0.4, -0.2) is 5.78 Å². The normalized spacial score (nSPS) is 10.7. The first kappa shape index (κ1) is 12.6. The fraction of sp³-hybridized carbons (Fsp3) is 0.105. The summed E-state index contributed by atoms with van der Waals surface area (Å²) in [4.78, 5) is 12.4. The van der Waals surface area contributed by atoms with E-state index in [0.29, 0.717) is 6.42 Å². The van der Waals surface area contributed by atoms with Crippen LogP contribution in [0.15, 0.2) is 66.7 Å². The number of hydrogen-bond acceptors (Lipinski definition) is 1. The molecule has 0 aliphatic heterocycles. The Morgan fingerprint density at radius 2 is 1.65 bits per heavy atom. The molecule has 0 fully saturated rings. The Bertz CT molecular complexity index is 771. The van der Waals surface area contributed by atoms with Crippen LogP contribution in [0.5, 0.6) is 0 Å². The average Bonchev–Trinajstić information content (AvgIpc) is 2.47. The van der Waals surface area contributed by atoms with Gasteiger partial charge in [0.15, 0.2) is 5.78 Å². The van der Waals surface area contributed by atoms with Crippen LogP contribution < -0.4 is 0 Å². The van der Waals surface area contributed by atoms with Crippen LogP contribution in [0.2, 0.25) is 0 Å². The van der Waals surface area contributed by atoms with E-state index in [1.54, 1.807) is 0 Å². The van der Waals surface area contributed by atoms with E-state index in [1.807, 2.05) is 61.5 Å². The molecule has 0 aliphatic rings. The predicted molar refractivity (Wildman–Crippen MR) is 83.2 cm³/mol. The van der Waals surface area contributed by atoms with E-state index in [4.69, 9.17) is 0 Å². The molecule has 3 aromatic carbocycles. The molecule has 0 saturated carbocycles. The maximum Gasteiger partial charge on any atom is 0.167 e. The highest BCUT2D eigenvalue weighted by Crippen LogP contribution is 2.17. The molecule has 20 heavy (non-hydrogen) atoms. The van der Waals surface area contributed by atoms with Gasteiger partial charge in [0.05, 0.1) is 0 Å². The zero-order valence-electron chi connectivity index (χ0n) is 11.5. The number of aryl methyl sites for hydroxylation is 1. The average molecular weight is 260 g/mol. The van der Waals surface area contributed by atoms with Crippen molar-refractivity contribution >= 4 is 16.6 Å². The third kappa shape index (κ3) is 2.62. The van der Waals surface area contributed by atoms with Crippen molar-refractivity contribution in [3.8, 4) is 0 Å². The van der Waals surface area contributed by atoms with Gasteiger partial charge in [-0.05, 0) is 29.3 Å². The van der Waals surface area contributed by atoms with Gasteiger partial charge < -0.3 is 0 Å². The van der Waals surface area contributed by atoms with Crippen molar-refractivity contribution < 1.29 is 4.79 Å². The molecular formula is C19H16O. The van der Waals surface area contributed by atoms with Gasteiger partial charge in [-0.25, -0.2) is 0 Å². The van der Waals surface area contributed by atoms with Crippen LogP contribution in [0.4, 0.5) is 0 Å². The lowest BCUT2D eigenvalue weighted by atomic mass is 9.99. The van der Waals surface area contributed by atoms with E-state index in [1.165, 1.54) is 10.9 Å². The van der Waals surface area contributed by atoms with Gasteiger partial charge in [0.2, 0.25) is 0 Å². The fourth-order valence-electron chi connectivity index (χ4n) is 2.47. The van der Waals surface area contributed by atoms with Gasteiger partial charge in [-0.15, -0.1) is 0 Å². The number of fused-ring (bicyclic) bond motifs is 1. The summed E-state index contributed by atoms with van der Waals surface area (Å²) in [6.07, 6.45) is 0.458. The number of carbonyl (C=O) groups is 1. The van der Waals surface area contributed by atoms with Crippen LogP contribution in [0.3, 0.4) is 0 Å². The molecule has 0 saturated heterocycles. The zero-order valence-corrected chi connectivity index (χ0v) is 11.5. The summed E-state index contributed by atoms with van der Waals surface area (Å²) < 4.78 is 0. The Morgan fingerprint density at radius 3 is 2.45 bits per heavy atom. The summed E-state index contributed by atoms with van der Waals surface area (Å²) >= 11 is 0. The van der Waals surface area contributed by atoms with Crippen molar-refractivity contribution in [1.82, 2.24) is 0 Å². The van der Waals surface area contributed by atoms with Gasteiger partial charge in [0, 0.05) is 12.0 Å². The molecule has 0 radical (unpaired) electrons. The van der Waals surface area contributed by atoms with Gasteiger partial charge >= 0.3 is 0 Å². The van der Waals surface area contributed by atoms with Crippen LogP contribution in [0, 0.1) is 6.92 Å². The number of hydrogen-bond donors (Lipinski definition) is 0. The second kappa shape index (κ2) is 5.30. The Labute approximate surface area is 118 Å². The predicted octanol–water partition coefficient (Wildman–Crippen LogP) is 4.57. The van der Waals surface area contributed by atoms with E-state index >= 15 is 0 Å². The molecular weight excluding hydrogens is 244 g/mol. The Hall–Kier alpha value is -2.41. The fourth-order valence-corrected chi connectivity index (χ4v) is 2.47. The molecule has 0 atom stereocenters. The number of carbonyl (C=O) groups excluding carboxylic acids is 1. The third-order valence-corrected chi connectivity index (χ3v) is 3.52. The Kier molecular flexibility index (Phi) is 3.34. The van der Waals surface area contributed by atoms with E-state index in [0.717, 1.165) is 16.5 Å². The number of Topliss-reactive ketones (excluding diaryl/α,β-unsaturated/α-hetero) is 1. The van der Waals surface area contributed by atoms with Crippen molar-refractivity contribution in [2.75, 3.05) is 0 Å². The van der Waals surface area contributed by atoms with Crippen molar-refractivity contribution in [1.29, 1.82) is 0 Å². The molecule has 3 rings (SSSR count). The van der Waals surface area contributed by atoms with Crippen molar-refractivity contribution in [3.05, 3.63) is 83.4 Å². The smallest absolute Gasteiger partial charge is 0.167 e. The monoisotopic (exact) mass is 260 g/mol. The van der Waals surface area contributed by atoms with Crippen LogP contribution >= 0.6 is 0 Å². The molecule has 3 aromatic rings. The van der Waals surface area contributed by atoms with Crippen molar-refractivity contribution in [3.63, 3.8) is 0 Å². The SMILES string of the molecule is Cc1cccc(CC(=O)c2ccc3ccccc3c2)c1. The maximum atomic E-state index is 12.4. The van der Waals surface area contributed by atoms with Gasteiger partial charge in [-0.3, -0.25) is 4.79 Å². The lowest BCUT2D eigenvalue weighted by Gasteiger charge is -2.04. The molecule has 98 valence electrons. The Balaban J connectivity index is 1.88. The summed E-state index contributed by atoms with van der Waals surface area (Å²) in [7, 11) is 0. The molecule has 0 amide bonds. The Morgan fingerprint density at radius 1 is 0.850 bits per heavy atom. The van der Waals surface area contributed by atoms with E-state index in [2.05, 4.69) is 12.1 Å². The largest absolute Gasteiger partial charge is 0.294 e. The van der Waals surface area contributed by atoms with Gasteiger partial charge in [-0.2, -0.15) is 0 Å². The summed E-state index contributed by atoms with van der Waals surface area (Å²) in [5.41, 5.74) is 3.04. The molecule has 0 unspecified atom stereocenters. The second-order valence-corrected chi connectivity index (χ2v) is 5.15. The highest BCUT2D eigenvalue weighted by Gasteiger charge is 2.07. The van der Waals surface area contributed by atoms with E-state index < -0.39 is 0 Å². The van der Waals surface area contributed by atoms with Gasteiger partial charge in [0.1, 0.15) is 0 Å². The number of ketones is 1. The molecule has 0 aromatic heterocycles. The van der Waals surface area contributed by atoms with E-state index in [9.17, 15) is 4.79 Å². The minimum atomic E-state index is 0.168. The topological polar surface area (TPSA) is 17.1 Å². The molecule has 0 aliphatic carbocycles. The van der Waals surface area contributed by atoms with Gasteiger partial charge in [-0.1, -0.05) is 66.2 Å². The second-order valence-electron chi connectivity index (χ2n) is 5.15.